The van der Waals surface area contributed by atoms with Crippen molar-refractivity contribution in [2.24, 2.45) is 0 Å². The number of nitrogens with one attached hydrogen (secondary N) is 1. The topological polar surface area (TPSA) is 132 Å². The number of carbonyl (C=O) groups excluding carboxylic acids is 2. The summed E-state index contributed by atoms with van der Waals surface area (Å²) in [5.74, 6) is -1.36. The molecule has 1 rings (SSSR count). The Bertz CT molecular complexity index is 481. The van der Waals surface area contributed by atoms with Crippen LogP contribution in [0.1, 0.15) is 16.8 Å². The molecule has 0 bridgehead atoms. The summed E-state index contributed by atoms with van der Waals surface area (Å²) in [5.41, 5.74) is 5.29. The number of methoxy groups -OCH3 is 1. The molecule has 0 saturated carbocycles. The summed E-state index contributed by atoms with van der Waals surface area (Å²) in [4.78, 5) is 34.0. The molecule has 8 nitrogen and oxygen atoms in total. The zero-order chi connectivity index (χ0) is 15.5. The molecule has 20 heavy (non-hydrogen) atoms. The number of amides is 1. The number of esters is 1. The third kappa shape index (κ3) is 7.31. The van der Waals surface area contributed by atoms with Gasteiger partial charge in [0.15, 0.2) is 0 Å². The van der Waals surface area contributed by atoms with E-state index in [1.54, 1.807) is 0 Å². The van der Waals surface area contributed by atoms with Crippen LogP contribution in [-0.4, -0.2) is 42.1 Å². The predicted octanol–water partition coefficient (Wildman–Crippen LogP) is 0.420. The highest BCUT2D eigenvalue weighted by Crippen LogP contribution is 2.14. The average molecular weight is 348 g/mol. The number of carbonyl (C=O) groups is 3. The lowest BCUT2D eigenvalue weighted by Crippen LogP contribution is -2.16. The summed E-state index contributed by atoms with van der Waals surface area (Å²) >= 11 is 3.08. The fraction of sp³-hybridized carbons (Fsp3) is 0.273. The molecule has 0 atom stereocenters. The number of carboxylic acid groups (broad SMARTS) is 1. The van der Waals surface area contributed by atoms with Gasteiger partial charge in [-0.25, -0.2) is 9.78 Å². The smallest absolute Gasteiger partial charge is 0.339 e. The van der Waals surface area contributed by atoms with Crippen LogP contribution in [0.15, 0.2) is 16.7 Å². The summed E-state index contributed by atoms with van der Waals surface area (Å²) in [5, 5.41) is 10.9. The molecule has 0 aliphatic heterocycles. The number of rotatable bonds is 5. The number of nitrogens with zero attached hydrogens (tertiary/aromatic N) is 1. The molecular weight excluding hydrogens is 334 g/mol. The molecule has 0 saturated heterocycles. The second-order valence-electron chi connectivity index (χ2n) is 3.29. The average Bonchev–Trinajstić information content (AvgIpc) is 2.42. The van der Waals surface area contributed by atoms with Gasteiger partial charge in [-0.1, -0.05) is 0 Å². The fourth-order valence-corrected chi connectivity index (χ4v) is 1.29. The lowest BCUT2D eigenvalue weighted by molar-refractivity contribution is -0.140. The van der Waals surface area contributed by atoms with Crippen molar-refractivity contribution in [3.63, 3.8) is 0 Å². The van der Waals surface area contributed by atoms with Gasteiger partial charge in [0, 0.05) is 17.2 Å². The van der Waals surface area contributed by atoms with Gasteiger partial charge in [-0.3, -0.25) is 9.59 Å². The van der Waals surface area contributed by atoms with E-state index in [9.17, 15) is 14.4 Å². The van der Waals surface area contributed by atoms with Gasteiger partial charge in [-0.2, -0.15) is 0 Å². The molecule has 1 aromatic rings. The van der Waals surface area contributed by atoms with E-state index in [1.165, 1.54) is 19.4 Å². The summed E-state index contributed by atoms with van der Waals surface area (Å²) in [6.07, 6.45) is 2.22. The predicted molar refractivity (Wildman–Crippen MR) is 74.0 cm³/mol. The number of carboxylic acids is 1. The van der Waals surface area contributed by atoms with Gasteiger partial charge in [0.2, 0.25) is 6.41 Å². The number of anilines is 1. The van der Waals surface area contributed by atoms with Crippen molar-refractivity contribution in [3.05, 3.63) is 22.3 Å². The van der Waals surface area contributed by atoms with Crippen LogP contribution >= 0.6 is 15.9 Å². The first-order valence-corrected chi connectivity index (χ1v) is 6.09. The van der Waals surface area contributed by atoms with Crippen LogP contribution in [-0.2, 0) is 14.3 Å². The molecule has 1 aromatic heterocycles. The van der Waals surface area contributed by atoms with Gasteiger partial charge in [0.05, 0.1) is 13.5 Å². The number of nitrogens with two attached hydrogens (primary N) is 1. The normalized spacial score (nSPS) is 8.90. The molecule has 0 aliphatic carbocycles. The van der Waals surface area contributed by atoms with Crippen LogP contribution in [0.3, 0.4) is 0 Å². The molecule has 0 radical (unpaired) electrons. The molecule has 0 spiro atoms. The number of nitrogen functional groups attached to an aromatic ring is 1. The number of hydrogen-bond donors (Lipinski definition) is 3. The SMILES string of the molecule is COC(=O)CCNC=O.Nc1ncc(Br)cc1C(=O)O. The van der Waals surface area contributed by atoms with Crippen LogP contribution in [0.2, 0.25) is 0 Å². The standard InChI is InChI=1S/C6H5BrN2O2.C5H9NO3/c7-3-1-4(6(10)11)5(8)9-2-3;1-9-5(8)2-3-6-4-7/h1-2H,(H2,8,9)(H,10,11);4H,2-3H2,1H3,(H,6,7). The Hall–Kier alpha value is -2.16. The third-order valence-corrected chi connectivity index (χ3v) is 2.33. The van der Waals surface area contributed by atoms with Crippen LogP contribution in [0, 0.1) is 0 Å². The molecule has 0 fully saturated rings. The summed E-state index contributed by atoms with van der Waals surface area (Å²) in [7, 11) is 1.31. The van der Waals surface area contributed by atoms with Crippen molar-refractivity contribution in [3.8, 4) is 0 Å². The number of hydrogen-bond acceptors (Lipinski definition) is 6. The molecule has 1 amide bonds. The lowest BCUT2D eigenvalue weighted by Gasteiger charge is -1.98. The van der Waals surface area contributed by atoms with Gasteiger partial charge in [-0.15, -0.1) is 0 Å². The van der Waals surface area contributed by atoms with Crippen LogP contribution < -0.4 is 11.1 Å². The van der Waals surface area contributed by atoms with Gasteiger partial charge >= 0.3 is 11.9 Å². The Morgan fingerprint density at radius 1 is 1.60 bits per heavy atom. The van der Waals surface area contributed by atoms with E-state index in [4.69, 9.17) is 10.8 Å². The maximum absolute atomic E-state index is 10.4. The Balaban J connectivity index is 0.000000370. The highest BCUT2D eigenvalue weighted by Gasteiger charge is 2.08. The van der Waals surface area contributed by atoms with Crippen molar-refractivity contribution < 1.29 is 24.2 Å². The van der Waals surface area contributed by atoms with Crippen molar-refractivity contribution in [1.82, 2.24) is 10.3 Å². The summed E-state index contributed by atoms with van der Waals surface area (Å²) < 4.78 is 4.90. The molecule has 9 heteroatoms. The molecule has 1 heterocycles. The van der Waals surface area contributed by atoms with Gasteiger partial charge in [0.25, 0.3) is 0 Å². The fourth-order valence-electron chi connectivity index (χ4n) is 0.956. The highest BCUT2D eigenvalue weighted by molar-refractivity contribution is 9.10. The van der Waals surface area contributed by atoms with E-state index in [-0.39, 0.29) is 23.8 Å². The van der Waals surface area contributed by atoms with E-state index in [0.29, 0.717) is 17.4 Å². The van der Waals surface area contributed by atoms with Crippen LogP contribution in [0.25, 0.3) is 0 Å². The second kappa shape index (κ2) is 9.73. The van der Waals surface area contributed by atoms with Gasteiger partial charge in [0.1, 0.15) is 11.4 Å². The molecule has 110 valence electrons. The van der Waals surface area contributed by atoms with Crippen molar-refractivity contribution in [2.45, 2.75) is 6.42 Å². The Kier molecular flexibility index (Phi) is 8.68. The minimum Gasteiger partial charge on any atom is -0.478 e. The Morgan fingerprint density at radius 2 is 2.25 bits per heavy atom. The van der Waals surface area contributed by atoms with Gasteiger partial charge in [-0.05, 0) is 22.0 Å². The van der Waals surface area contributed by atoms with E-state index >= 15 is 0 Å². The number of pyridine rings is 1. The zero-order valence-electron chi connectivity index (χ0n) is 10.6. The number of ether oxygens (including phenoxy) is 1. The second-order valence-corrected chi connectivity index (χ2v) is 4.21. The largest absolute Gasteiger partial charge is 0.478 e. The number of aromatic nitrogens is 1. The van der Waals surface area contributed by atoms with E-state index in [2.05, 4.69) is 31.0 Å². The van der Waals surface area contributed by atoms with Crippen LogP contribution in [0.5, 0.6) is 0 Å². The van der Waals surface area contributed by atoms with E-state index < -0.39 is 5.97 Å². The maximum atomic E-state index is 10.4. The minimum absolute atomic E-state index is 0.0133. The molecule has 0 aromatic carbocycles. The Morgan fingerprint density at radius 3 is 2.70 bits per heavy atom. The Labute approximate surface area is 123 Å². The quantitative estimate of drug-likeness (QED) is 0.399. The third-order valence-electron chi connectivity index (χ3n) is 1.90. The van der Waals surface area contributed by atoms with Crippen molar-refractivity contribution in [1.29, 1.82) is 0 Å². The van der Waals surface area contributed by atoms with Crippen molar-refractivity contribution in [2.75, 3.05) is 19.4 Å². The summed E-state index contributed by atoms with van der Waals surface area (Å²) in [6, 6.07) is 1.41. The lowest BCUT2D eigenvalue weighted by atomic mass is 10.3. The molecular formula is C11H14BrN3O5. The van der Waals surface area contributed by atoms with E-state index in [1.807, 2.05) is 0 Å². The van der Waals surface area contributed by atoms with Crippen LogP contribution in [0.4, 0.5) is 5.82 Å². The molecule has 4 N–H and O–H groups in total. The maximum Gasteiger partial charge on any atom is 0.339 e. The first kappa shape index (κ1) is 17.8. The molecule has 0 unspecified atom stereocenters. The number of halogens is 1. The highest BCUT2D eigenvalue weighted by atomic mass is 79.9. The first-order chi connectivity index (χ1) is 9.42. The zero-order valence-corrected chi connectivity index (χ0v) is 12.2. The summed E-state index contributed by atoms with van der Waals surface area (Å²) in [6.45, 7) is 0.343. The minimum atomic E-state index is -1.07. The van der Waals surface area contributed by atoms with Crippen molar-refractivity contribution >= 4 is 40.1 Å². The van der Waals surface area contributed by atoms with E-state index in [0.717, 1.165) is 0 Å². The van der Waals surface area contributed by atoms with Gasteiger partial charge < -0.3 is 20.9 Å². The monoisotopic (exact) mass is 347 g/mol. The first-order valence-electron chi connectivity index (χ1n) is 5.30. The number of aromatic carboxylic acids is 1. The molecule has 0 aliphatic rings.